The Hall–Kier alpha value is -1.76. The lowest BCUT2D eigenvalue weighted by Gasteiger charge is -2.22. The maximum atomic E-state index is 12.0. The number of hydrogen-bond acceptors (Lipinski definition) is 5. The van der Waals surface area contributed by atoms with Gasteiger partial charge in [0, 0.05) is 11.1 Å². The predicted molar refractivity (Wildman–Crippen MR) is 77.2 cm³/mol. The number of nitrogens with two attached hydrogens (primary N) is 1. The number of ether oxygens (including phenoxy) is 1. The van der Waals surface area contributed by atoms with Gasteiger partial charge in [0.05, 0.1) is 12.2 Å². The molecule has 0 unspecified atom stereocenters. The Balaban J connectivity index is 2.67. The summed E-state index contributed by atoms with van der Waals surface area (Å²) < 4.78 is 4.77. The number of hydrogen-bond donors (Lipinski definition) is 2. The molecule has 7 heteroatoms. The fraction of sp³-hybridized carbons (Fsp3) is 0.462. The molecule has 0 spiro atoms. The molecule has 0 bridgehead atoms. The Morgan fingerprint density at radius 2 is 2.20 bits per heavy atom. The fourth-order valence-electron chi connectivity index (χ4n) is 1.52. The van der Waals surface area contributed by atoms with Gasteiger partial charge in [0.1, 0.15) is 0 Å². The lowest BCUT2D eigenvalue weighted by Crippen LogP contribution is -2.46. The Morgan fingerprint density at radius 1 is 1.50 bits per heavy atom. The average molecular weight is 297 g/mol. The molecule has 0 saturated heterocycles. The van der Waals surface area contributed by atoms with E-state index in [2.05, 4.69) is 10.3 Å². The molecule has 6 nitrogen and oxygen atoms in total. The highest BCUT2D eigenvalue weighted by Crippen LogP contribution is 2.20. The summed E-state index contributed by atoms with van der Waals surface area (Å²) in [4.78, 5) is 28.0. The number of primary amides is 1. The van der Waals surface area contributed by atoms with E-state index in [0.717, 1.165) is 16.3 Å². The predicted octanol–water partition coefficient (Wildman–Crippen LogP) is 1.68. The summed E-state index contributed by atoms with van der Waals surface area (Å²) in [5, 5.41) is 2.70. The van der Waals surface area contributed by atoms with E-state index in [4.69, 9.17) is 10.5 Å². The lowest BCUT2D eigenvalue weighted by molar-refractivity contribution is -0.136. The molecule has 0 aliphatic heterocycles. The molecule has 0 aliphatic carbocycles. The second-order valence-corrected chi connectivity index (χ2v) is 5.80. The third-order valence-corrected chi connectivity index (χ3v) is 3.44. The molecule has 3 N–H and O–H groups in total. The minimum absolute atomic E-state index is 0.271. The number of carbonyl (C=O) groups is 2. The highest BCUT2D eigenvalue weighted by molar-refractivity contribution is 7.99. The van der Waals surface area contributed by atoms with Crippen molar-refractivity contribution in [3.63, 3.8) is 0 Å². The molecular weight excluding hydrogens is 278 g/mol. The average Bonchev–Trinajstić information content (AvgIpc) is 2.36. The molecule has 0 saturated carbocycles. The minimum atomic E-state index is -1.31. The number of pyridine rings is 1. The van der Waals surface area contributed by atoms with Crippen LogP contribution in [-0.2, 0) is 16.1 Å². The number of thioether (sulfide) groups is 1. The van der Waals surface area contributed by atoms with Crippen molar-refractivity contribution >= 4 is 23.8 Å². The maximum Gasteiger partial charge on any atom is 0.405 e. The van der Waals surface area contributed by atoms with Crippen LogP contribution in [0.25, 0.3) is 0 Å². The van der Waals surface area contributed by atoms with Gasteiger partial charge in [0.25, 0.3) is 5.91 Å². The maximum absolute atomic E-state index is 12.0. The number of aromatic nitrogens is 1. The van der Waals surface area contributed by atoms with Crippen LogP contribution >= 0.6 is 11.8 Å². The lowest BCUT2D eigenvalue weighted by atomic mass is 10.1. The van der Waals surface area contributed by atoms with Gasteiger partial charge in [-0.3, -0.25) is 9.78 Å². The van der Waals surface area contributed by atoms with Gasteiger partial charge < -0.3 is 15.8 Å². The second kappa shape index (κ2) is 7.14. The van der Waals surface area contributed by atoms with E-state index in [1.165, 1.54) is 13.8 Å². The third-order valence-electron chi connectivity index (χ3n) is 2.47. The zero-order chi connectivity index (χ0) is 15.2. The van der Waals surface area contributed by atoms with Crippen LogP contribution in [-0.4, -0.2) is 28.3 Å². The molecule has 1 rings (SSSR count). The van der Waals surface area contributed by atoms with Crippen molar-refractivity contribution in [2.45, 2.75) is 37.8 Å². The molecule has 1 heterocycles. The topological polar surface area (TPSA) is 94.3 Å². The molecule has 1 aromatic heterocycles. The summed E-state index contributed by atoms with van der Waals surface area (Å²) in [5.74, 6) is 0.498. The van der Waals surface area contributed by atoms with Crippen molar-refractivity contribution in [3.05, 3.63) is 24.0 Å². The fourth-order valence-corrected chi connectivity index (χ4v) is 2.29. The van der Waals surface area contributed by atoms with Gasteiger partial charge in [-0.15, -0.1) is 11.8 Å². The molecule has 2 amide bonds. The number of carbonyl (C=O) groups excluding carboxylic acids is 2. The van der Waals surface area contributed by atoms with Crippen molar-refractivity contribution in [1.82, 2.24) is 10.3 Å². The Morgan fingerprint density at radius 3 is 2.80 bits per heavy atom. The van der Waals surface area contributed by atoms with E-state index in [-0.39, 0.29) is 6.54 Å². The minimum Gasteiger partial charge on any atom is -0.434 e. The Labute approximate surface area is 122 Å². The van der Waals surface area contributed by atoms with Crippen LogP contribution in [0.1, 0.15) is 26.5 Å². The van der Waals surface area contributed by atoms with Gasteiger partial charge in [0.2, 0.25) is 0 Å². The smallest absolute Gasteiger partial charge is 0.405 e. The van der Waals surface area contributed by atoms with Crippen LogP contribution < -0.4 is 11.1 Å². The normalized spacial score (nSPS) is 10.9. The Bertz CT molecular complexity index is 492. The monoisotopic (exact) mass is 297 g/mol. The molecule has 0 aliphatic rings. The van der Waals surface area contributed by atoms with Crippen molar-refractivity contribution in [1.29, 1.82) is 0 Å². The van der Waals surface area contributed by atoms with E-state index in [1.54, 1.807) is 18.0 Å². The molecule has 0 radical (unpaired) electrons. The van der Waals surface area contributed by atoms with E-state index in [1.807, 2.05) is 19.1 Å². The molecule has 20 heavy (non-hydrogen) atoms. The van der Waals surface area contributed by atoms with Crippen molar-refractivity contribution < 1.29 is 14.3 Å². The molecule has 0 atom stereocenters. The Kier molecular flexibility index (Phi) is 5.82. The van der Waals surface area contributed by atoms with Crippen LogP contribution in [0.4, 0.5) is 4.79 Å². The highest BCUT2D eigenvalue weighted by Gasteiger charge is 2.31. The van der Waals surface area contributed by atoms with Crippen LogP contribution in [0.2, 0.25) is 0 Å². The summed E-state index contributed by atoms with van der Waals surface area (Å²) >= 11 is 1.65. The van der Waals surface area contributed by atoms with Gasteiger partial charge in [-0.2, -0.15) is 0 Å². The van der Waals surface area contributed by atoms with E-state index >= 15 is 0 Å². The van der Waals surface area contributed by atoms with Crippen LogP contribution in [0.5, 0.6) is 0 Å². The first kappa shape index (κ1) is 16.3. The SMILES string of the molecule is CCSc1cccnc1CNC(=O)C(C)(C)OC(N)=O. The summed E-state index contributed by atoms with van der Waals surface area (Å²) in [5.41, 5.74) is 4.40. The summed E-state index contributed by atoms with van der Waals surface area (Å²) in [6, 6.07) is 3.80. The van der Waals surface area contributed by atoms with Crippen LogP contribution in [0.15, 0.2) is 23.2 Å². The van der Waals surface area contributed by atoms with Crippen molar-refractivity contribution in [3.8, 4) is 0 Å². The second-order valence-electron chi connectivity index (χ2n) is 4.50. The van der Waals surface area contributed by atoms with Crippen LogP contribution in [0, 0.1) is 0 Å². The zero-order valence-electron chi connectivity index (χ0n) is 11.8. The van der Waals surface area contributed by atoms with E-state index in [0.29, 0.717) is 0 Å². The summed E-state index contributed by atoms with van der Waals surface area (Å²) in [6.45, 7) is 5.28. The number of rotatable bonds is 6. The molecule has 0 fully saturated rings. The standard InChI is InChI=1S/C13H19N3O3S/c1-4-20-10-6-5-7-15-9(10)8-16-11(17)13(2,3)19-12(14)18/h5-7H,4,8H2,1-3H3,(H2,14,18)(H,16,17). The van der Waals surface area contributed by atoms with Crippen LogP contribution in [0.3, 0.4) is 0 Å². The van der Waals surface area contributed by atoms with Crippen molar-refractivity contribution in [2.75, 3.05) is 5.75 Å². The summed E-state index contributed by atoms with van der Waals surface area (Å²) in [6.07, 6.45) is 0.692. The van der Waals surface area contributed by atoms with Crippen molar-refractivity contribution in [2.24, 2.45) is 5.73 Å². The first-order chi connectivity index (χ1) is 9.36. The largest absolute Gasteiger partial charge is 0.434 e. The molecular formula is C13H19N3O3S. The third kappa shape index (κ3) is 4.73. The van der Waals surface area contributed by atoms with Gasteiger partial charge in [-0.1, -0.05) is 6.92 Å². The number of amides is 2. The quantitative estimate of drug-likeness (QED) is 0.779. The molecule has 110 valence electrons. The van der Waals surface area contributed by atoms with E-state index < -0.39 is 17.6 Å². The summed E-state index contributed by atoms with van der Waals surface area (Å²) in [7, 11) is 0. The van der Waals surface area contributed by atoms with Gasteiger partial charge in [0.15, 0.2) is 5.60 Å². The first-order valence-corrected chi connectivity index (χ1v) is 7.18. The van der Waals surface area contributed by atoms with E-state index in [9.17, 15) is 9.59 Å². The number of nitrogens with one attached hydrogen (secondary N) is 1. The molecule has 1 aromatic rings. The van der Waals surface area contributed by atoms with Gasteiger partial charge in [-0.05, 0) is 31.7 Å². The highest BCUT2D eigenvalue weighted by atomic mass is 32.2. The number of nitrogens with zero attached hydrogens (tertiary/aromatic N) is 1. The van der Waals surface area contributed by atoms with Gasteiger partial charge in [-0.25, -0.2) is 4.79 Å². The molecule has 0 aromatic carbocycles. The van der Waals surface area contributed by atoms with Gasteiger partial charge >= 0.3 is 6.09 Å². The first-order valence-electron chi connectivity index (χ1n) is 6.20. The zero-order valence-corrected chi connectivity index (χ0v) is 12.6.